The lowest BCUT2D eigenvalue weighted by Crippen LogP contribution is -2.30. The number of fused-ring (bicyclic) bond motifs is 1. The Kier molecular flexibility index (Phi) is 6.52. The first kappa shape index (κ1) is 22.7. The van der Waals surface area contributed by atoms with Crippen LogP contribution in [0.25, 0.3) is 11.0 Å². The van der Waals surface area contributed by atoms with E-state index in [1.807, 2.05) is 6.07 Å². The maximum absolute atomic E-state index is 12.9. The van der Waals surface area contributed by atoms with Gasteiger partial charge in [-0.25, -0.2) is 13.4 Å². The Morgan fingerprint density at radius 1 is 1.25 bits per heavy atom. The monoisotopic (exact) mass is 476 g/mol. The van der Waals surface area contributed by atoms with E-state index in [9.17, 15) is 13.2 Å². The molecule has 1 aliphatic heterocycles. The van der Waals surface area contributed by atoms with E-state index in [0.717, 1.165) is 36.3 Å². The summed E-state index contributed by atoms with van der Waals surface area (Å²) in [6.45, 7) is 4.93. The molecule has 0 bridgehead atoms. The van der Waals surface area contributed by atoms with Crippen molar-refractivity contribution in [1.82, 2.24) is 14.3 Å². The molecule has 1 amide bonds. The molecule has 4 rings (SSSR count). The Morgan fingerprint density at radius 2 is 2.03 bits per heavy atom. The van der Waals surface area contributed by atoms with E-state index in [-0.39, 0.29) is 21.6 Å². The van der Waals surface area contributed by atoms with Gasteiger partial charge in [-0.1, -0.05) is 25.4 Å². The van der Waals surface area contributed by atoms with E-state index in [4.69, 9.17) is 16.3 Å². The van der Waals surface area contributed by atoms with Crippen molar-refractivity contribution in [2.24, 2.45) is 0 Å². The molecule has 0 saturated carbocycles. The molecule has 1 atom stereocenters. The van der Waals surface area contributed by atoms with Crippen LogP contribution in [0.2, 0.25) is 5.02 Å². The number of aromatic nitrogens is 2. The fourth-order valence-corrected chi connectivity index (χ4v) is 5.49. The van der Waals surface area contributed by atoms with Crippen LogP contribution in [0.4, 0.5) is 5.69 Å². The molecule has 0 aliphatic carbocycles. The van der Waals surface area contributed by atoms with Crippen molar-refractivity contribution in [3.63, 3.8) is 0 Å². The number of nitrogens with one attached hydrogen (secondary N) is 2. The summed E-state index contributed by atoms with van der Waals surface area (Å²) < 4.78 is 32.7. The number of nitrogens with zero attached hydrogens (tertiary/aromatic N) is 2. The molecule has 32 heavy (non-hydrogen) atoms. The normalized spacial score (nSPS) is 16.7. The smallest absolute Gasteiger partial charge is 0.257 e. The van der Waals surface area contributed by atoms with E-state index in [1.165, 1.54) is 22.5 Å². The second-order valence-electron chi connectivity index (χ2n) is 7.54. The predicted molar refractivity (Wildman–Crippen MR) is 124 cm³/mol. The number of amides is 1. The summed E-state index contributed by atoms with van der Waals surface area (Å²) >= 11 is 6.23. The van der Waals surface area contributed by atoms with Crippen molar-refractivity contribution in [3.8, 4) is 0 Å². The Bertz CT molecular complexity index is 1250. The number of hydrogen-bond acceptors (Lipinski definition) is 5. The zero-order valence-electron chi connectivity index (χ0n) is 17.9. The Hall–Kier alpha value is -2.46. The highest BCUT2D eigenvalue weighted by molar-refractivity contribution is 7.89. The lowest BCUT2D eigenvalue weighted by molar-refractivity contribution is 0.102. The number of rotatable bonds is 7. The van der Waals surface area contributed by atoms with Crippen LogP contribution in [0.3, 0.4) is 0 Å². The maximum Gasteiger partial charge on any atom is 0.257 e. The third-order valence-corrected chi connectivity index (χ3v) is 7.89. The van der Waals surface area contributed by atoms with Gasteiger partial charge in [-0.2, -0.15) is 4.31 Å². The van der Waals surface area contributed by atoms with Crippen LogP contribution in [0, 0.1) is 0 Å². The summed E-state index contributed by atoms with van der Waals surface area (Å²) in [5.41, 5.74) is 2.18. The number of anilines is 1. The van der Waals surface area contributed by atoms with Crippen LogP contribution in [-0.4, -0.2) is 48.3 Å². The molecule has 3 aromatic rings. The molecule has 170 valence electrons. The molecule has 10 heteroatoms. The average molecular weight is 477 g/mol. The van der Waals surface area contributed by atoms with Gasteiger partial charge in [0, 0.05) is 25.4 Å². The molecule has 1 aliphatic rings. The van der Waals surface area contributed by atoms with Gasteiger partial charge in [0.2, 0.25) is 10.0 Å². The first-order valence-corrected chi connectivity index (χ1v) is 12.4. The first-order chi connectivity index (χ1) is 15.3. The molecule has 0 unspecified atom stereocenters. The van der Waals surface area contributed by atoms with Gasteiger partial charge in [-0.05, 0) is 49.2 Å². The van der Waals surface area contributed by atoms with Crippen LogP contribution in [0.1, 0.15) is 49.0 Å². The van der Waals surface area contributed by atoms with Crippen molar-refractivity contribution in [2.75, 3.05) is 25.0 Å². The maximum atomic E-state index is 12.9. The van der Waals surface area contributed by atoms with Crippen LogP contribution >= 0.6 is 11.6 Å². The van der Waals surface area contributed by atoms with Gasteiger partial charge in [0.25, 0.3) is 5.91 Å². The number of carbonyl (C=O) groups excluding carboxylic acids is 1. The summed E-state index contributed by atoms with van der Waals surface area (Å²) in [4.78, 5) is 20.8. The Labute approximate surface area is 192 Å². The fraction of sp³-hybridized carbons (Fsp3) is 0.364. The van der Waals surface area contributed by atoms with Gasteiger partial charge >= 0.3 is 0 Å². The molecule has 0 radical (unpaired) electrons. The Balaban J connectivity index is 1.59. The number of carbonyl (C=O) groups is 1. The highest BCUT2D eigenvalue weighted by atomic mass is 35.5. The van der Waals surface area contributed by atoms with Crippen molar-refractivity contribution in [3.05, 3.63) is 52.8 Å². The van der Waals surface area contributed by atoms with Crippen LogP contribution < -0.4 is 5.32 Å². The molecule has 0 spiro atoms. The number of hydrogen-bond donors (Lipinski definition) is 2. The van der Waals surface area contributed by atoms with Crippen LogP contribution in [0.5, 0.6) is 0 Å². The molecule has 1 aromatic heterocycles. The van der Waals surface area contributed by atoms with Crippen molar-refractivity contribution >= 4 is 44.3 Å². The minimum Gasteiger partial charge on any atom is -0.370 e. The zero-order valence-corrected chi connectivity index (χ0v) is 19.5. The second-order valence-corrected chi connectivity index (χ2v) is 9.89. The number of benzene rings is 2. The second kappa shape index (κ2) is 9.19. The van der Waals surface area contributed by atoms with Gasteiger partial charge in [0.05, 0.1) is 26.5 Å². The molecule has 2 aromatic carbocycles. The van der Waals surface area contributed by atoms with Gasteiger partial charge in [-0.3, -0.25) is 4.79 Å². The largest absolute Gasteiger partial charge is 0.370 e. The summed E-state index contributed by atoms with van der Waals surface area (Å²) in [7, 11) is -3.71. The number of ether oxygens (including phenoxy) is 1. The minimum absolute atomic E-state index is 0.0287. The molecule has 2 N–H and O–H groups in total. The minimum atomic E-state index is -3.71. The molecular formula is C22H25ClN4O4S. The van der Waals surface area contributed by atoms with E-state index in [1.54, 1.807) is 26.0 Å². The summed E-state index contributed by atoms with van der Waals surface area (Å²) in [6.07, 6.45) is 1.90. The first-order valence-electron chi connectivity index (χ1n) is 10.6. The number of imidazole rings is 1. The van der Waals surface area contributed by atoms with Crippen LogP contribution in [0.15, 0.2) is 41.3 Å². The van der Waals surface area contributed by atoms with E-state index in [2.05, 4.69) is 15.3 Å². The third kappa shape index (κ3) is 4.38. The highest BCUT2D eigenvalue weighted by Gasteiger charge is 2.24. The summed E-state index contributed by atoms with van der Waals surface area (Å²) in [5.74, 6) is 0.281. The number of halogens is 1. The standard InChI is InChI=1S/C22H25ClN4O4S/c1-3-27(4-2)32(29,30)15-8-9-17(23)16(13-15)22(28)24-14-7-10-18-19(12-14)26-21(25-18)20-6-5-11-31-20/h7-10,12-13,20H,3-6,11H2,1-2H3,(H,24,28)(H,25,26)/t20-/m0/s1. The fourth-order valence-electron chi connectivity index (χ4n) is 3.80. The average Bonchev–Trinajstić information content (AvgIpc) is 3.44. The lowest BCUT2D eigenvalue weighted by atomic mass is 10.2. The van der Waals surface area contributed by atoms with Crippen molar-refractivity contribution < 1.29 is 17.9 Å². The third-order valence-electron chi connectivity index (χ3n) is 5.52. The lowest BCUT2D eigenvalue weighted by Gasteiger charge is -2.19. The zero-order chi connectivity index (χ0) is 22.9. The molecule has 8 nitrogen and oxygen atoms in total. The van der Waals surface area contributed by atoms with E-state index in [0.29, 0.717) is 18.8 Å². The molecule has 1 saturated heterocycles. The number of H-pyrrole nitrogens is 1. The predicted octanol–water partition coefficient (Wildman–Crippen LogP) is 4.35. The topological polar surface area (TPSA) is 104 Å². The molecular weight excluding hydrogens is 452 g/mol. The van der Waals surface area contributed by atoms with E-state index >= 15 is 0 Å². The van der Waals surface area contributed by atoms with E-state index < -0.39 is 15.9 Å². The number of aromatic amines is 1. The molecule has 2 heterocycles. The van der Waals surface area contributed by atoms with Gasteiger partial charge in [-0.15, -0.1) is 0 Å². The van der Waals surface area contributed by atoms with Gasteiger partial charge in [0.15, 0.2) is 0 Å². The number of sulfonamides is 1. The van der Waals surface area contributed by atoms with Crippen molar-refractivity contribution in [1.29, 1.82) is 0 Å². The molecule has 1 fully saturated rings. The summed E-state index contributed by atoms with van der Waals surface area (Å²) in [5, 5.41) is 2.97. The Morgan fingerprint density at radius 3 is 2.72 bits per heavy atom. The highest BCUT2D eigenvalue weighted by Crippen LogP contribution is 2.29. The van der Waals surface area contributed by atoms with Gasteiger partial charge in [0.1, 0.15) is 11.9 Å². The SMILES string of the molecule is CCN(CC)S(=O)(=O)c1ccc(Cl)c(C(=O)Nc2ccc3nc([C@@H]4CCCO4)[nH]c3c2)c1. The van der Waals surface area contributed by atoms with Gasteiger partial charge < -0.3 is 15.0 Å². The quantitative estimate of drug-likeness (QED) is 0.527. The van der Waals surface area contributed by atoms with Crippen LogP contribution in [-0.2, 0) is 14.8 Å². The van der Waals surface area contributed by atoms with Crippen molar-refractivity contribution in [2.45, 2.75) is 37.7 Å². The summed E-state index contributed by atoms with van der Waals surface area (Å²) in [6, 6.07) is 9.49.